The molecule has 0 radical (unpaired) electrons. The van der Waals surface area contributed by atoms with E-state index in [0.717, 1.165) is 17.9 Å². The molecule has 1 nitrogen and oxygen atoms in total. The van der Waals surface area contributed by atoms with Crippen molar-refractivity contribution in [2.24, 2.45) is 11.8 Å². The first-order valence-electron chi connectivity index (χ1n) is 9.07. The summed E-state index contributed by atoms with van der Waals surface area (Å²) >= 11 is 0. The molecule has 0 bridgehead atoms. The van der Waals surface area contributed by atoms with Crippen LogP contribution in [-0.2, 0) is 0 Å². The van der Waals surface area contributed by atoms with Crippen LogP contribution in [0.5, 0.6) is 0 Å². The normalized spacial score (nSPS) is 30.6. The largest absolute Gasteiger partial charge is 0.300 e. The molecule has 0 N–H and O–H groups in total. The highest BCUT2D eigenvalue weighted by Gasteiger charge is 2.28. The Morgan fingerprint density at radius 2 is 1.37 bits per heavy atom. The Balaban J connectivity index is 1.65. The number of rotatable bonds is 6. The predicted octanol–water partition coefficient (Wildman–Crippen LogP) is 5.25. The van der Waals surface area contributed by atoms with Gasteiger partial charge in [-0.05, 0) is 63.5 Å². The summed E-state index contributed by atoms with van der Waals surface area (Å²) in [5.74, 6) is 2.11. The lowest BCUT2D eigenvalue weighted by Gasteiger charge is -2.41. The molecular formula is C18H35N. The summed E-state index contributed by atoms with van der Waals surface area (Å²) in [5.41, 5.74) is 0. The second kappa shape index (κ2) is 8.29. The smallest absolute Gasteiger partial charge is 0.00954 e. The lowest BCUT2D eigenvalue weighted by atomic mass is 9.82. The lowest BCUT2D eigenvalue weighted by Crippen LogP contribution is -2.43. The molecule has 0 spiro atoms. The van der Waals surface area contributed by atoms with Gasteiger partial charge in [-0.25, -0.2) is 0 Å². The molecule has 2 aliphatic rings. The lowest BCUT2D eigenvalue weighted by molar-refractivity contribution is 0.0905. The summed E-state index contributed by atoms with van der Waals surface area (Å²) in [6.45, 7) is 7.46. The fraction of sp³-hybridized carbons (Fsp3) is 1.00. The molecule has 1 heterocycles. The van der Waals surface area contributed by atoms with Crippen LogP contribution in [-0.4, -0.2) is 24.0 Å². The molecule has 1 aliphatic carbocycles. The Hall–Kier alpha value is -0.0400. The third-order valence-electron chi connectivity index (χ3n) is 5.64. The van der Waals surface area contributed by atoms with Crippen molar-refractivity contribution in [1.29, 1.82) is 0 Å². The molecule has 0 aromatic heterocycles. The van der Waals surface area contributed by atoms with E-state index in [0.29, 0.717) is 0 Å². The Morgan fingerprint density at radius 1 is 0.737 bits per heavy atom. The van der Waals surface area contributed by atoms with Crippen molar-refractivity contribution in [2.75, 3.05) is 13.1 Å². The highest BCUT2D eigenvalue weighted by molar-refractivity contribution is 4.83. The summed E-state index contributed by atoms with van der Waals surface area (Å²) in [6.07, 6.45) is 16.1. The minimum atomic E-state index is 0.945. The summed E-state index contributed by atoms with van der Waals surface area (Å²) in [6, 6.07) is 0.945. The number of hydrogen-bond acceptors (Lipinski definition) is 1. The molecule has 1 aliphatic heterocycles. The number of unbranched alkanes of at least 4 members (excludes halogenated alkanes) is 1. The van der Waals surface area contributed by atoms with Crippen LogP contribution in [0, 0.1) is 11.8 Å². The summed E-state index contributed by atoms with van der Waals surface area (Å²) < 4.78 is 0. The number of likely N-dealkylation sites (tertiary alicyclic amines) is 1. The van der Waals surface area contributed by atoms with Gasteiger partial charge in [-0.3, -0.25) is 0 Å². The number of nitrogens with zero attached hydrogens (tertiary/aromatic N) is 1. The van der Waals surface area contributed by atoms with Crippen LogP contribution in [0.15, 0.2) is 0 Å². The molecule has 112 valence electrons. The molecular weight excluding hydrogens is 230 g/mol. The molecule has 0 aromatic rings. The third kappa shape index (κ3) is 4.77. The molecule has 1 saturated carbocycles. The Kier molecular flexibility index (Phi) is 6.70. The average Bonchev–Trinajstić information content (AvgIpc) is 2.47. The van der Waals surface area contributed by atoms with E-state index < -0.39 is 0 Å². The van der Waals surface area contributed by atoms with Gasteiger partial charge in [-0.1, -0.05) is 46.0 Å². The standard InChI is InChI=1S/C18H35N/c1-3-5-7-17-12-14-19(15-13-17)18-10-8-16(6-4-2)9-11-18/h16-18H,3-15H2,1-2H3. The Bertz CT molecular complexity index is 222. The van der Waals surface area contributed by atoms with Crippen molar-refractivity contribution in [3.63, 3.8) is 0 Å². The monoisotopic (exact) mass is 265 g/mol. The molecule has 19 heavy (non-hydrogen) atoms. The minimum Gasteiger partial charge on any atom is -0.300 e. The first kappa shape index (κ1) is 15.4. The zero-order chi connectivity index (χ0) is 13.5. The van der Waals surface area contributed by atoms with Gasteiger partial charge in [0, 0.05) is 6.04 Å². The van der Waals surface area contributed by atoms with Gasteiger partial charge < -0.3 is 4.90 Å². The van der Waals surface area contributed by atoms with Crippen LogP contribution >= 0.6 is 0 Å². The van der Waals surface area contributed by atoms with E-state index in [9.17, 15) is 0 Å². The van der Waals surface area contributed by atoms with Gasteiger partial charge in [-0.2, -0.15) is 0 Å². The zero-order valence-corrected chi connectivity index (χ0v) is 13.4. The second-order valence-electron chi connectivity index (χ2n) is 7.08. The summed E-state index contributed by atoms with van der Waals surface area (Å²) in [5, 5.41) is 0. The quantitative estimate of drug-likeness (QED) is 0.634. The number of piperidine rings is 1. The average molecular weight is 265 g/mol. The van der Waals surface area contributed by atoms with Crippen LogP contribution in [0.25, 0.3) is 0 Å². The molecule has 2 rings (SSSR count). The zero-order valence-electron chi connectivity index (χ0n) is 13.4. The van der Waals surface area contributed by atoms with Crippen LogP contribution in [0.2, 0.25) is 0 Å². The maximum Gasteiger partial charge on any atom is 0.00954 e. The van der Waals surface area contributed by atoms with E-state index in [1.165, 1.54) is 83.7 Å². The van der Waals surface area contributed by atoms with Crippen molar-refractivity contribution in [3.05, 3.63) is 0 Å². The van der Waals surface area contributed by atoms with Crippen molar-refractivity contribution >= 4 is 0 Å². The molecule has 0 amide bonds. The van der Waals surface area contributed by atoms with Gasteiger partial charge in [0.2, 0.25) is 0 Å². The van der Waals surface area contributed by atoms with Crippen LogP contribution in [0.4, 0.5) is 0 Å². The maximum absolute atomic E-state index is 2.84. The fourth-order valence-corrected chi connectivity index (χ4v) is 4.31. The Morgan fingerprint density at radius 3 is 1.95 bits per heavy atom. The van der Waals surface area contributed by atoms with Gasteiger partial charge >= 0.3 is 0 Å². The number of hydrogen-bond donors (Lipinski definition) is 0. The SMILES string of the molecule is CCCCC1CCN(C2CCC(CCC)CC2)CC1. The van der Waals surface area contributed by atoms with Gasteiger partial charge in [0.1, 0.15) is 0 Å². The molecule has 0 atom stereocenters. The topological polar surface area (TPSA) is 3.24 Å². The molecule has 1 saturated heterocycles. The van der Waals surface area contributed by atoms with Crippen molar-refractivity contribution in [1.82, 2.24) is 4.90 Å². The fourth-order valence-electron chi connectivity index (χ4n) is 4.31. The van der Waals surface area contributed by atoms with Gasteiger partial charge in [-0.15, -0.1) is 0 Å². The van der Waals surface area contributed by atoms with E-state index in [1.807, 2.05) is 0 Å². The predicted molar refractivity (Wildman–Crippen MR) is 84.5 cm³/mol. The van der Waals surface area contributed by atoms with E-state index in [-0.39, 0.29) is 0 Å². The Labute approximate surface area is 121 Å². The molecule has 0 unspecified atom stereocenters. The summed E-state index contributed by atoms with van der Waals surface area (Å²) in [7, 11) is 0. The van der Waals surface area contributed by atoms with E-state index in [1.54, 1.807) is 0 Å². The van der Waals surface area contributed by atoms with Crippen molar-refractivity contribution in [2.45, 2.75) is 90.5 Å². The highest BCUT2D eigenvalue weighted by atomic mass is 15.2. The molecule has 2 fully saturated rings. The third-order valence-corrected chi connectivity index (χ3v) is 5.64. The van der Waals surface area contributed by atoms with Crippen LogP contribution in [0.1, 0.15) is 84.5 Å². The van der Waals surface area contributed by atoms with Crippen molar-refractivity contribution in [3.8, 4) is 0 Å². The van der Waals surface area contributed by atoms with Gasteiger partial charge in [0.25, 0.3) is 0 Å². The van der Waals surface area contributed by atoms with E-state index in [2.05, 4.69) is 18.7 Å². The first-order chi connectivity index (χ1) is 9.33. The van der Waals surface area contributed by atoms with Crippen LogP contribution in [0.3, 0.4) is 0 Å². The molecule has 1 heteroatoms. The van der Waals surface area contributed by atoms with Gasteiger partial charge in [0.05, 0.1) is 0 Å². The van der Waals surface area contributed by atoms with E-state index in [4.69, 9.17) is 0 Å². The second-order valence-corrected chi connectivity index (χ2v) is 7.08. The highest BCUT2D eigenvalue weighted by Crippen LogP contribution is 2.33. The van der Waals surface area contributed by atoms with Crippen molar-refractivity contribution < 1.29 is 0 Å². The van der Waals surface area contributed by atoms with Gasteiger partial charge in [0.15, 0.2) is 0 Å². The summed E-state index contributed by atoms with van der Waals surface area (Å²) in [4.78, 5) is 2.84. The minimum absolute atomic E-state index is 0.945. The van der Waals surface area contributed by atoms with E-state index >= 15 is 0 Å². The maximum atomic E-state index is 2.84. The van der Waals surface area contributed by atoms with Crippen LogP contribution < -0.4 is 0 Å². The first-order valence-corrected chi connectivity index (χ1v) is 9.07. The molecule has 0 aromatic carbocycles.